The lowest BCUT2D eigenvalue weighted by Gasteiger charge is -2.32. The second-order valence-corrected chi connectivity index (χ2v) is 4.12. The number of esters is 1. The Labute approximate surface area is 89.5 Å². The van der Waals surface area contributed by atoms with Gasteiger partial charge in [0.2, 0.25) is 0 Å². The molecule has 1 aliphatic heterocycles. The van der Waals surface area contributed by atoms with Crippen molar-refractivity contribution in [1.82, 2.24) is 0 Å². The number of carbonyl (C=O) groups excluding carboxylic acids is 1. The molecule has 1 heterocycles. The summed E-state index contributed by atoms with van der Waals surface area (Å²) in [7, 11) is 1.28. The number of hydrogen-bond donors (Lipinski definition) is 0. The first kappa shape index (κ1) is 11.7. The lowest BCUT2D eigenvalue weighted by Crippen LogP contribution is -2.31. The van der Waals surface area contributed by atoms with Gasteiger partial charge in [0, 0.05) is 0 Å². The van der Waals surface area contributed by atoms with E-state index in [9.17, 15) is 4.79 Å². The van der Waals surface area contributed by atoms with Gasteiger partial charge in [-0.3, -0.25) is 0 Å². The summed E-state index contributed by atoms with van der Waals surface area (Å²) >= 11 is 0. The van der Waals surface area contributed by atoms with E-state index < -0.39 is 5.97 Å². The van der Waals surface area contributed by atoms with Crippen LogP contribution >= 0.6 is 0 Å². The molecular weight excluding hydrogens is 194 g/mol. The fourth-order valence-electron chi connectivity index (χ4n) is 1.69. The maximum absolute atomic E-state index is 11.3. The second kappa shape index (κ2) is 4.45. The number of ether oxygens (including phenoxy) is 2. The van der Waals surface area contributed by atoms with Crippen LogP contribution in [0.15, 0.2) is 11.1 Å². The number of rotatable bonds is 1. The Balaban J connectivity index is 2.97. The highest BCUT2D eigenvalue weighted by Crippen LogP contribution is 2.30. The molecule has 0 aromatic carbocycles. The van der Waals surface area contributed by atoms with Crippen molar-refractivity contribution in [3.8, 4) is 6.07 Å². The summed E-state index contributed by atoms with van der Waals surface area (Å²) in [5.74, 6) is -0.551. The first-order chi connectivity index (χ1) is 7.00. The van der Waals surface area contributed by atoms with Gasteiger partial charge in [-0.25, -0.2) is 4.79 Å². The average molecular weight is 209 g/mol. The largest absolute Gasteiger partial charge is 0.465 e. The van der Waals surface area contributed by atoms with E-state index in [0.29, 0.717) is 19.4 Å². The second-order valence-electron chi connectivity index (χ2n) is 4.12. The fourth-order valence-corrected chi connectivity index (χ4v) is 1.69. The lowest BCUT2D eigenvalue weighted by atomic mass is 9.90. The van der Waals surface area contributed by atoms with E-state index in [1.165, 1.54) is 7.11 Å². The van der Waals surface area contributed by atoms with Crippen molar-refractivity contribution in [1.29, 1.82) is 5.26 Å². The van der Waals surface area contributed by atoms with Crippen molar-refractivity contribution in [2.24, 2.45) is 0 Å². The predicted molar refractivity (Wildman–Crippen MR) is 53.9 cm³/mol. The van der Waals surface area contributed by atoms with Crippen molar-refractivity contribution in [2.45, 2.75) is 32.3 Å². The molecule has 0 bridgehead atoms. The maximum Gasteiger partial charge on any atom is 0.348 e. The van der Waals surface area contributed by atoms with E-state index in [-0.39, 0.29) is 11.2 Å². The highest BCUT2D eigenvalue weighted by Gasteiger charge is 2.28. The molecule has 0 spiro atoms. The normalized spacial score (nSPS) is 22.8. The Morgan fingerprint density at radius 3 is 2.73 bits per heavy atom. The molecule has 82 valence electrons. The molecule has 4 heteroatoms. The summed E-state index contributed by atoms with van der Waals surface area (Å²) in [5, 5.41) is 8.90. The van der Waals surface area contributed by atoms with Crippen LogP contribution in [0.25, 0.3) is 0 Å². The van der Waals surface area contributed by atoms with Crippen molar-refractivity contribution in [3.63, 3.8) is 0 Å². The number of nitrogens with zero attached hydrogens (tertiary/aromatic N) is 1. The van der Waals surface area contributed by atoms with Crippen LogP contribution in [0, 0.1) is 11.3 Å². The summed E-state index contributed by atoms with van der Waals surface area (Å²) in [6.45, 7) is 4.43. The van der Waals surface area contributed by atoms with Crippen LogP contribution in [0.2, 0.25) is 0 Å². The van der Waals surface area contributed by atoms with Gasteiger partial charge in [-0.05, 0) is 32.3 Å². The molecule has 0 aliphatic carbocycles. The van der Waals surface area contributed by atoms with Gasteiger partial charge >= 0.3 is 5.97 Å². The monoisotopic (exact) mass is 209 g/mol. The van der Waals surface area contributed by atoms with Crippen LogP contribution in [0.3, 0.4) is 0 Å². The van der Waals surface area contributed by atoms with E-state index in [1.807, 2.05) is 19.9 Å². The van der Waals surface area contributed by atoms with Crippen molar-refractivity contribution < 1.29 is 14.3 Å². The molecule has 0 saturated carbocycles. The molecule has 0 radical (unpaired) electrons. The number of hydrogen-bond acceptors (Lipinski definition) is 4. The molecule has 1 saturated heterocycles. The molecule has 0 atom stereocenters. The molecule has 1 aliphatic rings. The molecule has 0 N–H and O–H groups in total. The van der Waals surface area contributed by atoms with Crippen molar-refractivity contribution in [2.75, 3.05) is 13.7 Å². The minimum atomic E-state index is -0.551. The van der Waals surface area contributed by atoms with Crippen LogP contribution < -0.4 is 0 Å². The number of carbonyl (C=O) groups is 1. The minimum absolute atomic E-state index is 0.133. The topological polar surface area (TPSA) is 59.3 Å². The smallest absolute Gasteiger partial charge is 0.348 e. The molecule has 0 aromatic rings. The summed E-state index contributed by atoms with van der Waals surface area (Å²) in [5.41, 5.74) is 0.665. The van der Waals surface area contributed by atoms with Crippen molar-refractivity contribution in [3.05, 3.63) is 11.1 Å². The van der Waals surface area contributed by atoms with E-state index >= 15 is 0 Å². The fraction of sp³-hybridized carbons (Fsp3) is 0.636. The first-order valence-corrected chi connectivity index (χ1v) is 4.84. The summed E-state index contributed by atoms with van der Waals surface area (Å²) in [6.07, 6.45) is 1.23. The Bertz CT molecular complexity index is 336. The Kier molecular flexibility index (Phi) is 3.48. The third kappa shape index (κ3) is 2.80. The van der Waals surface area contributed by atoms with Gasteiger partial charge in [-0.2, -0.15) is 5.26 Å². The van der Waals surface area contributed by atoms with E-state index in [2.05, 4.69) is 4.74 Å². The van der Waals surface area contributed by atoms with Crippen molar-refractivity contribution >= 4 is 5.97 Å². The molecule has 0 amide bonds. The number of nitriles is 1. The molecular formula is C11H15NO3. The Hall–Kier alpha value is -1.34. The third-order valence-electron chi connectivity index (χ3n) is 2.39. The molecule has 4 nitrogen and oxygen atoms in total. The molecule has 0 unspecified atom stereocenters. The van der Waals surface area contributed by atoms with Gasteiger partial charge in [0.1, 0.15) is 11.6 Å². The first-order valence-electron chi connectivity index (χ1n) is 4.84. The molecule has 0 aromatic heterocycles. The van der Waals surface area contributed by atoms with Crippen LogP contribution in [-0.2, 0) is 14.3 Å². The third-order valence-corrected chi connectivity index (χ3v) is 2.39. The zero-order valence-electron chi connectivity index (χ0n) is 9.29. The quantitative estimate of drug-likeness (QED) is 0.373. The predicted octanol–water partition coefficient (Wildman–Crippen LogP) is 1.57. The summed E-state index contributed by atoms with van der Waals surface area (Å²) in [6, 6.07) is 1.91. The van der Waals surface area contributed by atoms with Gasteiger partial charge in [0.15, 0.2) is 0 Å². The minimum Gasteiger partial charge on any atom is -0.465 e. The van der Waals surface area contributed by atoms with Crippen LogP contribution in [0.1, 0.15) is 26.7 Å². The van der Waals surface area contributed by atoms with E-state index in [0.717, 1.165) is 5.57 Å². The zero-order valence-corrected chi connectivity index (χ0v) is 9.29. The van der Waals surface area contributed by atoms with Crippen LogP contribution in [0.4, 0.5) is 0 Å². The highest BCUT2D eigenvalue weighted by atomic mass is 16.5. The highest BCUT2D eigenvalue weighted by molar-refractivity contribution is 5.93. The molecule has 15 heavy (non-hydrogen) atoms. The average Bonchev–Trinajstić information content (AvgIpc) is 2.17. The van der Waals surface area contributed by atoms with Gasteiger partial charge in [-0.15, -0.1) is 0 Å². The van der Waals surface area contributed by atoms with E-state index in [4.69, 9.17) is 10.00 Å². The van der Waals surface area contributed by atoms with Gasteiger partial charge in [-0.1, -0.05) is 0 Å². The lowest BCUT2D eigenvalue weighted by molar-refractivity contribution is -0.135. The van der Waals surface area contributed by atoms with Crippen LogP contribution in [0.5, 0.6) is 0 Å². The van der Waals surface area contributed by atoms with E-state index in [1.54, 1.807) is 0 Å². The Morgan fingerprint density at radius 1 is 1.60 bits per heavy atom. The molecule has 1 fully saturated rings. The summed E-state index contributed by atoms with van der Waals surface area (Å²) < 4.78 is 10.1. The molecule has 1 rings (SSSR count). The van der Waals surface area contributed by atoms with Gasteiger partial charge < -0.3 is 9.47 Å². The SMILES string of the molecule is COC(=O)/C(C#N)=C1\CCOC(C)(C)C1. The van der Waals surface area contributed by atoms with Gasteiger partial charge in [0.05, 0.1) is 19.3 Å². The standard InChI is InChI=1S/C11H15NO3/c1-11(2)6-8(4-5-15-11)9(7-12)10(13)14-3/h4-6H2,1-3H3/b9-8+. The zero-order chi connectivity index (χ0) is 11.5. The van der Waals surface area contributed by atoms with Crippen LogP contribution in [-0.4, -0.2) is 25.3 Å². The Morgan fingerprint density at radius 2 is 2.27 bits per heavy atom. The van der Waals surface area contributed by atoms with Gasteiger partial charge in [0.25, 0.3) is 0 Å². The number of methoxy groups -OCH3 is 1. The maximum atomic E-state index is 11.3. The summed E-state index contributed by atoms with van der Waals surface area (Å²) in [4.78, 5) is 11.3.